The fourth-order valence-electron chi connectivity index (χ4n) is 3.86. The molecule has 1 amide bonds. The summed E-state index contributed by atoms with van der Waals surface area (Å²) in [6.45, 7) is 2.91. The van der Waals surface area contributed by atoms with Crippen molar-refractivity contribution in [2.45, 2.75) is 0 Å². The first-order valence-corrected chi connectivity index (χ1v) is 11.3. The van der Waals surface area contributed by atoms with Crippen LogP contribution in [-0.4, -0.2) is 57.3 Å². The number of nitro benzene ring substituents is 1. The molecule has 0 bridgehead atoms. The Hall–Kier alpha value is -3.92. The predicted molar refractivity (Wildman–Crippen MR) is 129 cm³/mol. The third-order valence-electron chi connectivity index (χ3n) is 5.60. The number of nitrogens with one attached hydrogen (secondary N) is 1. The zero-order valence-electron chi connectivity index (χ0n) is 17.5. The summed E-state index contributed by atoms with van der Waals surface area (Å²) in [5.41, 5.74) is 3.74. The average molecular weight is 461 g/mol. The number of carbonyl (C=O) groups excluding carboxylic acids is 1. The first-order chi connectivity index (χ1) is 16.1. The number of nitro groups is 1. The fraction of sp³-hybridized carbons (Fsp3) is 0.174. The second kappa shape index (κ2) is 8.91. The van der Waals surface area contributed by atoms with E-state index in [2.05, 4.69) is 25.0 Å². The lowest BCUT2D eigenvalue weighted by molar-refractivity contribution is -0.384. The fourth-order valence-corrected chi connectivity index (χ4v) is 4.81. The minimum atomic E-state index is -0.397. The third-order valence-corrected chi connectivity index (χ3v) is 6.65. The van der Waals surface area contributed by atoms with E-state index in [1.54, 1.807) is 18.3 Å². The molecule has 3 aromatic rings. The highest BCUT2D eigenvalue weighted by atomic mass is 32.2. The van der Waals surface area contributed by atoms with E-state index in [1.807, 2.05) is 36.4 Å². The van der Waals surface area contributed by atoms with Crippen LogP contribution < -0.4 is 4.90 Å². The minimum Gasteiger partial charge on any atom is -0.368 e. The maximum absolute atomic E-state index is 12.6. The van der Waals surface area contributed by atoms with Crippen molar-refractivity contribution in [1.82, 2.24) is 15.1 Å². The van der Waals surface area contributed by atoms with Crippen LogP contribution in [0.4, 0.5) is 11.4 Å². The van der Waals surface area contributed by atoms with Gasteiger partial charge in [0.25, 0.3) is 11.6 Å². The zero-order valence-corrected chi connectivity index (χ0v) is 18.4. The van der Waals surface area contributed by atoms with Crippen molar-refractivity contribution in [2.24, 2.45) is 4.99 Å². The van der Waals surface area contributed by atoms with Gasteiger partial charge >= 0.3 is 0 Å². The molecule has 0 unspecified atom stereocenters. The maximum Gasteiger partial charge on any atom is 0.286 e. The number of hydrogen-bond acceptors (Lipinski definition) is 7. The number of benzene rings is 2. The second-order valence-electron chi connectivity index (χ2n) is 7.62. The molecule has 5 rings (SSSR count). The van der Waals surface area contributed by atoms with E-state index in [9.17, 15) is 14.9 Å². The van der Waals surface area contributed by atoms with Crippen molar-refractivity contribution in [3.63, 3.8) is 0 Å². The molecule has 0 saturated carbocycles. The molecular formula is C23H20N6O3S. The molecule has 2 aromatic carbocycles. The number of carbonyl (C=O) groups is 1. The van der Waals surface area contributed by atoms with E-state index in [-0.39, 0.29) is 11.6 Å². The van der Waals surface area contributed by atoms with Gasteiger partial charge in [-0.15, -0.1) is 0 Å². The Morgan fingerprint density at radius 1 is 1.00 bits per heavy atom. The van der Waals surface area contributed by atoms with Crippen molar-refractivity contribution < 1.29 is 9.72 Å². The molecule has 1 fully saturated rings. The summed E-state index contributed by atoms with van der Waals surface area (Å²) in [5, 5.41) is 18.7. The molecule has 1 N–H and O–H groups in total. The Morgan fingerprint density at radius 2 is 1.70 bits per heavy atom. The Kier molecular flexibility index (Phi) is 5.66. The van der Waals surface area contributed by atoms with Crippen molar-refractivity contribution in [1.29, 1.82) is 0 Å². The van der Waals surface area contributed by atoms with Gasteiger partial charge in [0.05, 0.1) is 21.7 Å². The van der Waals surface area contributed by atoms with Crippen molar-refractivity contribution in [2.75, 3.05) is 31.1 Å². The van der Waals surface area contributed by atoms with Crippen LogP contribution >= 0.6 is 11.8 Å². The number of H-pyrrole nitrogens is 1. The number of rotatable bonds is 4. The molecule has 33 heavy (non-hydrogen) atoms. The van der Waals surface area contributed by atoms with Crippen LogP contribution in [0.1, 0.15) is 5.56 Å². The van der Waals surface area contributed by atoms with E-state index >= 15 is 0 Å². The molecule has 3 heterocycles. The smallest absolute Gasteiger partial charge is 0.286 e. The molecular weight excluding hydrogens is 440 g/mol. The summed E-state index contributed by atoms with van der Waals surface area (Å²) in [6.07, 6.45) is 3.55. The molecule has 0 atom stereocenters. The summed E-state index contributed by atoms with van der Waals surface area (Å²) in [4.78, 5) is 32.2. The van der Waals surface area contributed by atoms with Crippen LogP contribution in [-0.2, 0) is 4.79 Å². The SMILES string of the molecule is O=C1N=C(N2CCN(c3ccc([N+](=O)[O-])cc3)CC2)SC1=Cc1cn[nH]c1-c1ccccc1. The first-order valence-electron chi connectivity index (χ1n) is 10.4. The number of amides is 1. The highest BCUT2D eigenvalue weighted by molar-refractivity contribution is 8.18. The van der Waals surface area contributed by atoms with Gasteiger partial charge in [0, 0.05) is 55.1 Å². The minimum absolute atomic E-state index is 0.0833. The van der Waals surface area contributed by atoms with Crippen molar-refractivity contribution in [3.05, 3.63) is 81.4 Å². The van der Waals surface area contributed by atoms with Crippen LogP contribution in [0.15, 0.2) is 70.7 Å². The predicted octanol–water partition coefficient (Wildman–Crippen LogP) is 3.78. The van der Waals surface area contributed by atoms with Gasteiger partial charge < -0.3 is 9.80 Å². The van der Waals surface area contributed by atoms with E-state index in [0.29, 0.717) is 23.2 Å². The highest BCUT2D eigenvalue weighted by Gasteiger charge is 2.29. The molecule has 0 radical (unpaired) electrons. The topological polar surface area (TPSA) is 108 Å². The van der Waals surface area contributed by atoms with Crippen LogP contribution in [0, 0.1) is 10.1 Å². The summed E-state index contributed by atoms with van der Waals surface area (Å²) >= 11 is 1.38. The van der Waals surface area contributed by atoms with Crippen LogP contribution in [0.5, 0.6) is 0 Å². The number of nitrogens with zero attached hydrogens (tertiary/aromatic N) is 5. The summed E-state index contributed by atoms with van der Waals surface area (Å²) < 4.78 is 0. The van der Waals surface area contributed by atoms with Gasteiger partial charge in [-0.1, -0.05) is 30.3 Å². The number of piperazine rings is 1. The molecule has 10 heteroatoms. The second-order valence-corrected chi connectivity index (χ2v) is 8.63. The van der Waals surface area contributed by atoms with Gasteiger partial charge in [-0.2, -0.15) is 10.1 Å². The molecule has 1 aromatic heterocycles. The summed E-state index contributed by atoms with van der Waals surface area (Å²) in [5.74, 6) is -0.243. The van der Waals surface area contributed by atoms with E-state index in [4.69, 9.17) is 0 Å². The number of amidine groups is 1. The number of anilines is 1. The van der Waals surface area contributed by atoms with Crippen molar-refractivity contribution >= 4 is 40.3 Å². The molecule has 9 nitrogen and oxygen atoms in total. The molecule has 166 valence electrons. The zero-order chi connectivity index (χ0) is 22.8. The Morgan fingerprint density at radius 3 is 2.39 bits per heavy atom. The largest absolute Gasteiger partial charge is 0.368 e. The van der Waals surface area contributed by atoms with Gasteiger partial charge in [-0.3, -0.25) is 20.0 Å². The molecule has 2 aliphatic rings. The summed E-state index contributed by atoms with van der Waals surface area (Å²) in [6, 6.07) is 16.4. The Labute approximate surface area is 194 Å². The summed E-state index contributed by atoms with van der Waals surface area (Å²) in [7, 11) is 0. The quantitative estimate of drug-likeness (QED) is 0.359. The van der Waals surface area contributed by atoms with Crippen LogP contribution in [0.25, 0.3) is 17.3 Å². The number of non-ortho nitro benzene ring substituents is 1. The van der Waals surface area contributed by atoms with Crippen LogP contribution in [0.3, 0.4) is 0 Å². The van der Waals surface area contributed by atoms with Gasteiger partial charge in [0.15, 0.2) is 5.17 Å². The Balaban J connectivity index is 1.24. The lowest BCUT2D eigenvalue weighted by Crippen LogP contribution is -2.47. The lowest BCUT2D eigenvalue weighted by atomic mass is 10.1. The number of aromatic amines is 1. The average Bonchev–Trinajstić information content (AvgIpc) is 3.47. The third kappa shape index (κ3) is 4.37. The van der Waals surface area contributed by atoms with Gasteiger partial charge in [-0.25, -0.2) is 0 Å². The van der Waals surface area contributed by atoms with Gasteiger partial charge in [0.1, 0.15) is 0 Å². The number of thioether (sulfide) groups is 1. The maximum atomic E-state index is 12.6. The molecule has 0 spiro atoms. The Bertz CT molecular complexity index is 1240. The number of aliphatic imine (C=N–C) groups is 1. The van der Waals surface area contributed by atoms with Gasteiger partial charge in [-0.05, 0) is 30.0 Å². The first kappa shape index (κ1) is 21.0. The molecule has 2 aliphatic heterocycles. The van der Waals surface area contributed by atoms with Crippen molar-refractivity contribution in [3.8, 4) is 11.3 Å². The van der Waals surface area contributed by atoms with Crippen LogP contribution in [0.2, 0.25) is 0 Å². The standard InChI is InChI=1S/C23H20N6O3S/c30-22-20(14-17-15-24-26-21(17)16-4-2-1-3-5-16)33-23(25-22)28-12-10-27(11-13-28)18-6-8-19(9-7-18)29(31)32/h1-9,14-15H,10-13H2,(H,24,26). The normalized spacial score (nSPS) is 17.5. The molecule has 1 saturated heterocycles. The van der Waals surface area contributed by atoms with E-state index in [0.717, 1.165) is 35.6 Å². The van der Waals surface area contributed by atoms with Gasteiger partial charge in [0.2, 0.25) is 0 Å². The monoisotopic (exact) mass is 460 g/mol. The van der Waals surface area contributed by atoms with E-state index in [1.165, 1.54) is 23.9 Å². The van der Waals surface area contributed by atoms with E-state index < -0.39 is 4.92 Å². The number of hydrogen-bond donors (Lipinski definition) is 1. The highest BCUT2D eigenvalue weighted by Crippen LogP contribution is 2.33. The lowest BCUT2D eigenvalue weighted by Gasteiger charge is -2.36. The number of aromatic nitrogens is 2. The molecule has 0 aliphatic carbocycles.